The lowest BCUT2D eigenvalue weighted by Crippen LogP contribution is -2.40. The molecule has 88 valence electrons. The third-order valence-electron chi connectivity index (χ3n) is 2.16. The Labute approximate surface area is 94.5 Å². The first-order valence-corrected chi connectivity index (χ1v) is 6.13. The highest BCUT2D eigenvalue weighted by Crippen LogP contribution is 2.05. The number of amidine groups is 1. The van der Waals surface area contributed by atoms with E-state index in [1.54, 1.807) is 11.8 Å². The van der Waals surface area contributed by atoms with Crippen LogP contribution in [0.25, 0.3) is 0 Å². The van der Waals surface area contributed by atoms with Crippen LogP contribution in [0.5, 0.6) is 0 Å². The molecular formula is C9H19N3O2S. The van der Waals surface area contributed by atoms with Crippen molar-refractivity contribution >= 4 is 23.5 Å². The van der Waals surface area contributed by atoms with Gasteiger partial charge in [-0.2, -0.15) is 11.8 Å². The summed E-state index contributed by atoms with van der Waals surface area (Å²) in [4.78, 5) is 11.6. The zero-order valence-corrected chi connectivity index (χ0v) is 10.2. The van der Waals surface area contributed by atoms with Crippen molar-refractivity contribution < 1.29 is 10.0 Å². The Kier molecular flexibility index (Phi) is 6.94. The fourth-order valence-electron chi connectivity index (χ4n) is 1.05. The molecule has 5 nitrogen and oxygen atoms in total. The summed E-state index contributed by atoms with van der Waals surface area (Å²) in [7, 11) is 0. The number of amides is 1. The van der Waals surface area contributed by atoms with E-state index in [1.165, 1.54) is 0 Å². The van der Waals surface area contributed by atoms with Gasteiger partial charge in [0.2, 0.25) is 5.91 Å². The molecule has 0 aromatic heterocycles. The maximum absolute atomic E-state index is 11.6. The van der Waals surface area contributed by atoms with E-state index in [1.807, 2.05) is 20.1 Å². The van der Waals surface area contributed by atoms with E-state index in [-0.39, 0.29) is 11.7 Å². The molecule has 0 heterocycles. The predicted molar refractivity (Wildman–Crippen MR) is 63.2 cm³/mol. The van der Waals surface area contributed by atoms with Crippen molar-refractivity contribution in [2.75, 3.05) is 12.8 Å². The number of thioether (sulfide) groups is 1. The van der Waals surface area contributed by atoms with Gasteiger partial charge in [-0.05, 0) is 12.7 Å². The number of carbonyl (C=O) groups is 1. The second kappa shape index (κ2) is 7.39. The summed E-state index contributed by atoms with van der Waals surface area (Å²) in [5.74, 6) is -0.760. The van der Waals surface area contributed by atoms with Crippen LogP contribution in [0.4, 0.5) is 0 Å². The fraction of sp³-hybridized carbons (Fsp3) is 0.778. The minimum Gasteiger partial charge on any atom is -0.409 e. The number of nitrogens with one attached hydrogen (secondary N) is 1. The van der Waals surface area contributed by atoms with Crippen LogP contribution in [0.3, 0.4) is 0 Å². The lowest BCUT2D eigenvalue weighted by Gasteiger charge is -2.15. The van der Waals surface area contributed by atoms with Crippen molar-refractivity contribution in [3.05, 3.63) is 0 Å². The molecule has 0 rings (SSSR count). The molecule has 0 aromatic carbocycles. The van der Waals surface area contributed by atoms with Gasteiger partial charge in [-0.3, -0.25) is 4.79 Å². The van der Waals surface area contributed by atoms with Gasteiger partial charge in [0, 0.05) is 11.8 Å². The van der Waals surface area contributed by atoms with E-state index >= 15 is 0 Å². The Hall–Kier alpha value is -0.910. The number of nitrogens with zero attached hydrogens (tertiary/aromatic N) is 1. The Morgan fingerprint density at radius 1 is 1.67 bits per heavy atom. The molecule has 0 bridgehead atoms. The van der Waals surface area contributed by atoms with E-state index in [0.29, 0.717) is 18.2 Å². The van der Waals surface area contributed by atoms with Crippen LogP contribution in [0.2, 0.25) is 0 Å². The Morgan fingerprint density at radius 2 is 2.27 bits per heavy atom. The zero-order chi connectivity index (χ0) is 11.8. The molecule has 15 heavy (non-hydrogen) atoms. The molecule has 0 aliphatic rings. The highest BCUT2D eigenvalue weighted by Gasteiger charge is 2.20. The predicted octanol–water partition coefficient (Wildman–Crippen LogP) is 0.627. The molecule has 2 atom stereocenters. The molecule has 0 fully saturated rings. The largest absolute Gasteiger partial charge is 0.409 e. The number of nitrogens with two attached hydrogens (primary N) is 1. The van der Waals surface area contributed by atoms with Gasteiger partial charge >= 0.3 is 0 Å². The molecule has 4 N–H and O–H groups in total. The molecule has 0 saturated heterocycles. The molecule has 0 aliphatic heterocycles. The molecular weight excluding hydrogens is 214 g/mol. The first-order chi connectivity index (χ1) is 7.06. The van der Waals surface area contributed by atoms with Crippen molar-refractivity contribution in [2.24, 2.45) is 16.8 Å². The normalized spacial score (nSPS) is 15.8. The molecule has 0 aromatic rings. The maximum Gasteiger partial charge on any atom is 0.230 e. The lowest BCUT2D eigenvalue weighted by atomic mass is 10.0. The summed E-state index contributed by atoms with van der Waals surface area (Å²) in [5.41, 5.74) is 5.40. The van der Waals surface area contributed by atoms with Crippen LogP contribution in [0.15, 0.2) is 5.16 Å². The summed E-state index contributed by atoms with van der Waals surface area (Å²) < 4.78 is 0. The van der Waals surface area contributed by atoms with E-state index in [2.05, 4.69) is 10.5 Å². The second-order valence-electron chi connectivity index (χ2n) is 3.28. The van der Waals surface area contributed by atoms with Crippen molar-refractivity contribution in [1.82, 2.24) is 5.32 Å². The van der Waals surface area contributed by atoms with E-state index < -0.39 is 5.92 Å². The van der Waals surface area contributed by atoms with E-state index in [9.17, 15) is 4.79 Å². The summed E-state index contributed by atoms with van der Waals surface area (Å²) in [5, 5.41) is 14.5. The van der Waals surface area contributed by atoms with Crippen molar-refractivity contribution in [3.63, 3.8) is 0 Å². The average Bonchev–Trinajstić information content (AvgIpc) is 2.26. The van der Waals surface area contributed by atoms with Crippen molar-refractivity contribution in [3.8, 4) is 0 Å². The molecule has 2 unspecified atom stereocenters. The van der Waals surface area contributed by atoms with Gasteiger partial charge in [0.1, 0.15) is 0 Å². The topological polar surface area (TPSA) is 87.7 Å². The standard InChI is InChI=1S/C9H19N3O2S/c1-4-7(8(10)12-14)9(13)11-5-6(2)15-3/h6-7,14H,4-5H2,1-3H3,(H2,10,12)(H,11,13). The number of hydrogen-bond donors (Lipinski definition) is 3. The number of rotatable bonds is 6. The Balaban J connectivity index is 4.17. The quantitative estimate of drug-likeness (QED) is 0.272. The molecule has 0 radical (unpaired) electrons. The van der Waals surface area contributed by atoms with Crippen LogP contribution in [-0.2, 0) is 4.79 Å². The van der Waals surface area contributed by atoms with Gasteiger partial charge in [0.25, 0.3) is 0 Å². The van der Waals surface area contributed by atoms with Crippen LogP contribution in [-0.4, -0.2) is 35.0 Å². The average molecular weight is 233 g/mol. The lowest BCUT2D eigenvalue weighted by molar-refractivity contribution is -0.123. The van der Waals surface area contributed by atoms with Gasteiger partial charge in [-0.1, -0.05) is 19.0 Å². The highest BCUT2D eigenvalue weighted by molar-refractivity contribution is 7.99. The van der Waals surface area contributed by atoms with E-state index in [4.69, 9.17) is 10.9 Å². The number of hydrogen-bond acceptors (Lipinski definition) is 4. The van der Waals surface area contributed by atoms with Gasteiger partial charge in [0.05, 0.1) is 5.92 Å². The summed E-state index contributed by atoms with van der Waals surface area (Å²) in [6.45, 7) is 4.44. The highest BCUT2D eigenvalue weighted by atomic mass is 32.2. The third kappa shape index (κ3) is 4.92. The molecule has 0 saturated carbocycles. The minimum absolute atomic E-state index is 0.0354. The molecule has 0 aliphatic carbocycles. The SMILES string of the molecule is CCC(C(=O)NCC(C)SC)C(N)=NO. The van der Waals surface area contributed by atoms with Crippen molar-refractivity contribution in [2.45, 2.75) is 25.5 Å². The smallest absolute Gasteiger partial charge is 0.230 e. The fourth-order valence-corrected chi connectivity index (χ4v) is 1.30. The minimum atomic E-state index is -0.538. The van der Waals surface area contributed by atoms with E-state index in [0.717, 1.165) is 0 Å². The molecule has 0 spiro atoms. The van der Waals surface area contributed by atoms with Crippen LogP contribution < -0.4 is 11.1 Å². The third-order valence-corrected chi connectivity index (χ3v) is 3.13. The second-order valence-corrected chi connectivity index (χ2v) is 4.55. The maximum atomic E-state index is 11.6. The summed E-state index contributed by atoms with van der Waals surface area (Å²) in [6.07, 6.45) is 2.51. The van der Waals surface area contributed by atoms with Crippen LogP contribution in [0, 0.1) is 5.92 Å². The number of carbonyl (C=O) groups excluding carboxylic acids is 1. The molecule has 1 amide bonds. The van der Waals surface area contributed by atoms with Crippen LogP contribution >= 0.6 is 11.8 Å². The number of oxime groups is 1. The molecule has 6 heteroatoms. The van der Waals surface area contributed by atoms with Gasteiger partial charge < -0.3 is 16.3 Å². The van der Waals surface area contributed by atoms with Crippen LogP contribution in [0.1, 0.15) is 20.3 Å². The van der Waals surface area contributed by atoms with Gasteiger partial charge in [-0.25, -0.2) is 0 Å². The van der Waals surface area contributed by atoms with Gasteiger partial charge in [-0.15, -0.1) is 0 Å². The monoisotopic (exact) mass is 233 g/mol. The Morgan fingerprint density at radius 3 is 2.67 bits per heavy atom. The van der Waals surface area contributed by atoms with Crippen molar-refractivity contribution in [1.29, 1.82) is 0 Å². The van der Waals surface area contributed by atoms with Gasteiger partial charge in [0.15, 0.2) is 5.84 Å². The first kappa shape index (κ1) is 14.1. The Bertz CT molecular complexity index is 233. The zero-order valence-electron chi connectivity index (χ0n) is 9.36. The summed E-state index contributed by atoms with van der Waals surface area (Å²) >= 11 is 1.67. The summed E-state index contributed by atoms with van der Waals surface area (Å²) in [6, 6.07) is 0. The first-order valence-electron chi connectivity index (χ1n) is 4.84.